The van der Waals surface area contributed by atoms with E-state index < -0.39 is 0 Å². The maximum absolute atomic E-state index is 9.59. The van der Waals surface area contributed by atoms with E-state index in [2.05, 4.69) is 45.8 Å². The van der Waals surface area contributed by atoms with Gasteiger partial charge in [0, 0.05) is 19.2 Å². The summed E-state index contributed by atoms with van der Waals surface area (Å²) in [6.07, 6.45) is 1.39. The monoisotopic (exact) mass is 576 g/mol. The summed E-state index contributed by atoms with van der Waals surface area (Å²) >= 11 is 0. The number of hydrogen-bond donors (Lipinski definition) is 3. The molecule has 10 heteroatoms. The fraction of sp³-hybridized carbons (Fsp3) is 0.417. The Kier molecular flexibility index (Phi) is 10.4. The highest BCUT2D eigenvalue weighted by atomic mass is 127. The molecule has 0 saturated carbocycles. The van der Waals surface area contributed by atoms with Crippen LogP contribution in [0.25, 0.3) is 5.69 Å². The lowest BCUT2D eigenvalue weighted by molar-refractivity contribution is 0.376. The van der Waals surface area contributed by atoms with Gasteiger partial charge in [0.05, 0.1) is 17.1 Å². The zero-order valence-corrected chi connectivity index (χ0v) is 22.5. The molecule has 3 rings (SSSR count). The van der Waals surface area contributed by atoms with Gasteiger partial charge in [0.1, 0.15) is 24.0 Å². The molecular weight excluding hydrogens is 543 g/mol. The summed E-state index contributed by atoms with van der Waals surface area (Å²) < 4.78 is 6.99. The van der Waals surface area contributed by atoms with E-state index in [0.717, 1.165) is 35.7 Å². The highest BCUT2D eigenvalue weighted by molar-refractivity contribution is 14.0. The van der Waals surface area contributed by atoms with Crippen LogP contribution in [0.5, 0.6) is 0 Å². The number of anilines is 1. The SMILES string of the molecule is CCNC(=NCc1cc(C(C)C)no1)NCCCc1nn(-c2ccc(C)cc2)c(N)c1C#N.I. The Balaban J connectivity index is 0.00000408. The molecule has 0 spiro atoms. The topological polar surface area (TPSA) is 130 Å². The summed E-state index contributed by atoms with van der Waals surface area (Å²) in [4.78, 5) is 4.57. The number of aryl methyl sites for hydroxylation is 2. The van der Waals surface area contributed by atoms with Crippen molar-refractivity contribution >= 4 is 35.8 Å². The van der Waals surface area contributed by atoms with Gasteiger partial charge in [0.25, 0.3) is 0 Å². The fourth-order valence-electron chi connectivity index (χ4n) is 3.29. The summed E-state index contributed by atoms with van der Waals surface area (Å²) in [7, 11) is 0. The molecule has 1 aromatic carbocycles. The van der Waals surface area contributed by atoms with Crippen LogP contribution in [0.15, 0.2) is 39.8 Å². The summed E-state index contributed by atoms with van der Waals surface area (Å²) in [6.45, 7) is 10.0. The van der Waals surface area contributed by atoms with Crippen molar-refractivity contribution in [2.75, 3.05) is 18.8 Å². The lowest BCUT2D eigenvalue weighted by Crippen LogP contribution is -2.37. The van der Waals surface area contributed by atoms with Crippen LogP contribution in [0.2, 0.25) is 0 Å². The van der Waals surface area contributed by atoms with E-state index in [0.29, 0.717) is 48.5 Å². The summed E-state index contributed by atoms with van der Waals surface area (Å²) in [5.41, 5.74) is 10.3. The molecule has 3 aromatic rings. The molecule has 0 aliphatic rings. The van der Waals surface area contributed by atoms with Gasteiger partial charge in [-0.1, -0.05) is 36.7 Å². The van der Waals surface area contributed by atoms with Crippen LogP contribution in [0.1, 0.15) is 61.4 Å². The predicted octanol–water partition coefficient (Wildman–Crippen LogP) is 4.05. The number of aromatic nitrogens is 3. The molecule has 0 unspecified atom stereocenters. The van der Waals surface area contributed by atoms with Crippen LogP contribution >= 0.6 is 24.0 Å². The first kappa shape index (κ1) is 27.2. The molecule has 4 N–H and O–H groups in total. The highest BCUT2D eigenvalue weighted by Crippen LogP contribution is 2.21. The number of nitriles is 1. The molecule has 2 heterocycles. The van der Waals surface area contributed by atoms with Crippen molar-refractivity contribution in [3.05, 3.63) is 58.6 Å². The molecule has 0 saturated heterocycles. The minimum atomic E-state index is 0. The van der Waals surface area contributed by atoms with E-state index in [1.165, 1.54) is 0 Å². The largest absolute Gasteiger partial charge is 0.382 e. The maximum atomic E-state index is 9.59. The first-order valence-corrected chi connectivity index (χ1v) is 11.2. The second kappa shape index (κ2) is 13.0. The third kappa shape index (κ3) is 6.96. The Morgan fingerprint density at radius 3 is 2.62 bits per heavy atom. The Morgan fingerprint density at radius 1 is 1.26 bits per heavy atom. The van der Waals surface area contributed by atoms with Crippen LogP contribution in [0, 0.1) is 18.3 Å². The fourth-order valence-corrected chi connectivity index (χ4v) is 3.29. The van der Waals surface area contributed by atoms with Crippen LogP contribution < -0.4 is 16.4 Å². The number of nitrogens with one attached hydrogen (secondary N) is 2. The summed E-state index contributed by atoms with van der Waals surface area (Å²) in [5, 5.41) is 24.8. The van der Waals surface area contributed by atoms with E-state index >= 15 is 0 Å². The van der Waals surface area contributed by atoms with Crippen LogP contribution in [0.3, 0.4) is 0 Å². The first-order chi connectivity index (χ1) is 15.9. The summed E-state index contributed by atoms with van der Waals surface area (Å²) in [6, 6.07) is 12.0. The van der Waals surface area contributed by atoms with Gasteiger partial charge in [0.2, 0.25) is 0 Å². The van der Waals surface area contributed by atoms with Gasteiger partial charge in [-0.25, -0.2) is 9.67 Å². The minimum Gasteiger partial charge on any atom is -0.382 e. The van der Waals surface area contributed by atoms with E-state index in [4.69, 9.17) is 10.3 Å². The zero-order chi connectivity index (χ0) is 23.8. The van der Waals surface area contributed by atoms with E-state index in [1.807, 2.05) is 44.2 Å². The van der Waals surface area contributed by atoms with Gasteiger partial charge in [-0.3, -0.25) is 0 Å². The lowest BCUT2D eigenvalue weighted by Gasteiger charge is -2.10. The molecule has 0 atom stereocenters. The standard InChI is InChI=1S/C24H32N8O.HI/c1-5-27-24(29-15-19-13-22(16(2)3)31-33-19)28-12-6-7-21-20(14-25)23(26)32(30-21)18-10-8-17(4)9-11-18;/h8-11,13,16H,5-7,12,15,26H2,1-4H3,(H2,27,28,29);1H. The van der Waals surface area contributed by atoms with Gasteiger partial charge >= 0.3 is 0 Å². The van der Waals surface area contributed by atoms with Crippen LogP contribution in [-0.4, -0.2) is 34.0 Å². The van der Waals surface area contributed by atoms with Crippen LogP contribution in [0.4, 0.5) is 5.82 Å². The number of nitrogens with two attached hydrogens (primary N) is 1. The lowest BCUT2D eigenvalue weighted by atomic mass is 10.1. The van der Waals surface area contributed by atoms with Crippen molar-refractivity contribution < 1.29 is 4.52 Å². The Hall–Kier alpha value is -3.07. The number of aliphatic imine (C=N–C) groups is 1. The molecule has 182 valence electrons. The normalized spacial score (nSPS) is 11.2. The minimum absolute atomic E-state index is 0. The number of benzene rings is 1. The van der Waals surface area contributed by atoms with E-state index in [9.17, 15) is 5.26 Å². The second-order valence-corrected chi connectivity index (χ2v) is 8.16. The van der Waals surface area contributed by atoms with E-state index in [-0.39, 0.29) is 24.0 Å². The van der Waals surface area contributed by atoms with Gasteiger partial charge in [0.15, 0.2) is 11.7 Å². The van der Waals surface area contributed by atoms with Crippen LogP contribution in [-0.2, 0) is 13.0 Å². The number of nitrogen functional groups attached to an aromatic ring is 1. The maximum Gasteiger partial charge on any atom is 0.191 e. The molecule has 0 radical (unpaired) electrons. The van der Waals surface area contributed by atoms with Crippen molar-refractivity contribution in [2.24, 2.45) is 4.99 Å². The summed E-state index contributed by atoms with van der Waals surface area (Å²) in [5.74, 6) is 2.11. The molecular formula is C24H33IN8O. The Bertz CT molecular complexity index is 1130. The number of halogens is 1. The number of hydrogen-bond acceptors (Lipinski definition) is 6. The van der Waals surface area contributed by atoms with Gasteiger partial charge < -0.3 is 20.9 Å². The molecule has 0 bridgehead atoms. The molecule has 34 heavy (non-hydrogen) atoms. The quantitative estimate of drug-likeness (QED) is 0.152. The van der Waals surface area contributed by atoms with Crippen molar-refractivity contribution in [3.63, 3.8) is 0 Å². The third-order valence-electron chi connectivity index (χ3n) is 5.17. The highest BCUT2D eigenvalue weighted by Gasteiger charge is 2.16. The molecule has 9 nitrogen and oxygen atoms in total. The van der Waals surface area contributed by atoms with Crippen molar-refractivity contribution in [1.29, 1.82) is 5.26 Å². The molecule has 0 amide bonds. The van der Waals surface area contributed by atoms with E-state index in [1.54, 1.807) is 4.68 Å². The molecule has 2 aromatic heterocycles. The van der Waals surface area contributed by atoms with Crippen molar-refractivity contribution in [1.82, 2.24) is 25.6 Å². The first-order valence-electron chi connectivity index (χ1n) is 11.2. The molecule has 0 fully saturated rings. The Morgan fingerprint density at radius 2 is 2.00 bits per heavy atom. The number of rotatable bonds is 9. The number of guanidine groups is 1. The van der Waals surface area contributed by atoms with Gasteiger partial charge in [-0.2, -0.15) is 10.4 Å². The smallest absolute Gasteiger partial charge is 0.191 e. The molecule has 0 aliphatic carbocycles. The van der Waals surface area contributed by atoms with Gasteiger partial charge in [-0.15, -0.1) is 24.0 Å². The second-order valence-electron chi connectivity index (χ2n) is 8.16. The average Bonchev–Trinajstić information content (AvgIpc) is 3.40. The average molecular weight is 576 g/mol. The van der Waals surface area contributed by atoms with Crippen molar-refractivity contribution in [3.8, 4) is 11.8 Å². The third-order valence-corrected chi connectivity index (χ3v) is 5.17. The van der Waals surface area contributed by atoms with Crippen molar-refractivity contribution in [2.45, 2.75) is 53.0 Å². The zero-order valence-electron chi connectivity index (χ0n) is 20.1. The predicted molar refractivity (Wildman–Crippen MR) is 145 cm³/mol. The number of nitrogens with zero attached hydrogens (tertiary/aromatic N) is 5. The molecule has 0 aliphatic heterocycles. The Labute approximate surface area is 217 Å². The van der Waals surface area contributed by atoms with Gasteiger partial charge in [-0.05, 0) is 44.7 Å².